The third kappa shape index (κ3) is 1.90. The molecule has 2 heterocycles. The van der Waals surface area contributed by atoms with Crippen molar-refractivity contribution >= 4 is 6.29 Å². The molecule has 0 bridgehead atoms. The summed E-state index contributed by atoms with van der Waals surface area (Å²) in [6.07, 6.45) is 3.29. The van der Waals surface area contributed by atoms with Crippen LogP contribution in [-0.2, 0) is 13.0 Å². The van der Waals surface area contributed by atoms with Crippen molar-refractivity contribution < 1.29 is 13.9 Å². The van der Waals surface area contributed by atoms with Gasteiger partial charge >= 0.3 is 0 Å². The molecule has 0 fully saturated rings. The van der Waals surface area contributed by atoms with Gasteiger partial charge in [0.1, 0.15) is 17.7 Å². The van der Waals surface area contributed by atoms with E-state index in [-0.39, 0.29) is 11.9 Å². The lowest BCUT2D eigenvalue weighted by Gasteiger charge is -2.12. The summed E-state index contributed by atoms with van der Waals surface area (Å²) in [6, 6.07) is 8.14. The number of aldehydes is 1. The van der Waals surface area contributed by atoms with E-state index in [1.165, 1.54) is 12.1 Å². The SMILES string of the molecule is O=Cc1cccn1CC1Cc2cc(F)ccc2O1. The molecule has 4 heteroatoms. The van der Waals surface area contributed by atoms with Gasteiger partial charge in [-0.1, -0.05) is 0 Å². The fourth-order valence-electron chi connectivity index (χ4n) is 2.31. The number of carbonyl (C=O) groups is 1. The molecule has 0 saturated heterocycles. The molecular weight excluding hydrogens is 233 g/mol. The zero-order valence-electron chi connectivity index (χ0n) is 9.67. The molecule has 1 unspecified atom stereocenters. The van der Waals surface area contributed by atoms with Gasteiger partial charge in [-0.25, -0.2) is 4.39 Å². The summed E-state index contributed by atoms with van der Waals surface area (Å²) in [6.45, 7) is 0.595. The molecule has 0 N–H and O–H groups in total. The van der Waals surface area contributed by atoms with Crippen molar-refractivity contribution in [2.75, 3.05) is 0 Å². The Balaban J connectivity index is 1.76. The van der Waals surface area contributed by atoms with Crippen molar-refractivity contribution in [3.8, 4) is 5.75 Å². The molecule has 92 valence electrons. The van der Waals surface area contributed by atoms with E-state index in [0.29, 0.717) is 18.7 Å². The first-order valence-electron chi connectivity index (χ1n) is 5.81. The van der Waals surface area contributed by atoms with Crippen LogP contribution >= 0.6 is 0 Å². The van der Waals surface area contributed by atoms with Crippen LogP contribution in [0.2, 0.25) is 0 Å². The van der Waals surface area contributed by atoms with Crippen LogP contribution in [0.1, 0.15) is 16.1 Å². The summed E-state index contributed by atoms with van der Waals surface area (Å²) in [5, 5.41) is 0. The van der Waals surface area contributed by atoms with Crippen LogP contribution in [0.15, 0.2) is 36.5 Å². The Labute approximate surface area is 104 Å². The van der Waals surface area contributed by atoms with E-state index in [2.05, 4.69) is 0 Å². The topological polar surface area (TPSA) is 31.2 Å². The number of fused-ring (bicyclic) bond motifs is 1. The first kappa shape index (κ1) is 11.0. The molecular formula is C14H12FNO2. The Hall–Kier alpha value is -2.10. The fourth-order valence-corrected chi connectivity index (χ4v) is 2.31. The Morgan fingerprint density at radius 3 is 3.17 bits per heavy atom. The van der Waals surface area contributed by atoms with Gasteiger partial charge in [0.25, 0.3) is 0 Å². The maximum absolute atomic E-state index is 13.1. The van der Waals surface area contributed by atoms with Crippen LogP contribution in [0.25, 0.3) is 0 Å². The van der Waals surface area contributed by atoms with Gasteiger partial charge in [0, 0.05) is 18.2 Å². The average molecular weight is 245 g/mol. The zero-order valence-corrected chi connectivity index (χ0v) is 9.67. The van der Waals surface area contributed by atoms with Gasteiger partial charge in [0.15, 0.2) is 6.29 Å². The highest BCUT2D eigenvalue weighted by molar-refractivity contribution is 5.72. The molecule has 2 aromatic rings. The van der Waals surface area contributed by atoms with Gasteiger partial charge in [-0.15, -0.1) is 0 Å². The van der Waals surface area contributed by atoms with Crippen LogP contribution in [-0.4, -0.2) is 17.0 Å². The minimum absolute atomic E-state index is 0.0482. The minimum atomic E-state index is -0.243. The minimum Gasteiger partial charge on any atom is -0.488 e. The van der Waals surface area contributed by atoms with E-state index < -0.39 is 0 Å². The monoisotopic (exact) mass is 245 g/mol. The molecule has 0 spiro atoms. The number of nitrogens with zero attached hydrogens (tertiary/aromatic N) is 1. The number of hydrogen-bond donors (Lipinski definition) is 0. The summed E-state index contributed by atoms with van der Waals surface area (Å²) < 4.78 is 20.7. The summed E-state index contributed by atoms with van der Waals surface area (Å²) >= 11 is 0. The number of halogens is 1. The van der Waals surface area contributed by atoms with E-state index in [4.69, 9.17) is 4.74 Å². The second kappa shape index (κ2) is 4.29. The highest BCUT2D eigenvalue weighted by atomic mass is 19.1. The van der Waals surface area contributed by atoms with E-state index in [9.17, 15) is 9.18 Å². The number of rotatable bonds is 3. The summed E-state index contributed by atoms with van der Waals surface area (Å²) in [5.41, 5.74) is 1.51. The molecule has 1 aliphatic heterocycles. The molecule has 0 saturated carbocycles. The third-order valence-corrected chi connectivity index (χ3v) is 3.15. The largest absolute Gasteiger partial charge is 0.488 e. The van der Waals surface area contributed by atoms with Gasteiger partial charge in [0.05, 0.1) is 12.2 Å². The summed E-state index contributed by atoms with van der Waals surface area (Å²) in [5.74, 6) is 0.494. The lowest BCUT2D eigenvalue weighted by atomic mass is 10.1. The standard InChI is InChI=1S/C14H12FNO2/c15-11-3-4-14-10(6-11)7-13(18-14)8-16-5-1-2-12(16)9-17/h1-6,9,13H,7-8H2. The van der Waals surface area contributed by atoms with Gasteiger partial charge < -0.3 is 9.30 Å². The van der Waals surface area contributed by atoms with Crippen molar-refractivity contribution in [1.29, 1.82) is 0 Å². The Morgan fingerprint density at radius 1 is 1.44 bits per heavy atom. The van der Waals surface area contributed by atoms with E-state index >= 15 is 0 Å². The Kier molecular flexibility index (Phi) is 2.63. The van der Waals surface area contributed by atoms with Crippen LogP contribution in [0.4, 0.5) is 4.39 Å². The van der Waals surface area contributed by atoms with Gasteiger partial charge in [-0.2, -0.15) is 0 Å². The molecule has 0 aliphatic carbocycles. The number of hydrogen-bond acceptors (Lipinski definition) is 2. The van der Waals surface area contributed by atoms with Crippen molar-refractivity contribution in [2.24, 2.45) is 0 Å². The first-order chi connectivity index (χ1) is 8.76. The molecule has 18 heavy (non-hydrogen) atoms. The predicted molar refractivity (Wildman–Crippen MR) is 64.3 cm³/mol. The summed E-state index contributed by atoms with van der Waals surface area (Å²) in [7, 11) is 0. The van der Waals surface area contributed by atoms with E-state index in [0.717, 1.165) is 17.6 Å². The van der Waals surface area contributed by atoms with E-state index in [1.54, 1.807) is 12.1 Å². The lowest BCUT2D eigenvalue weighted by molar-refractivity contribution is 0.111. The highest BCUT2D eigenvalue weighted by Gasteiger charge is 2.23. The van der Waals surface area contributed by atoms with Gasteiger partial charge in [-0.05, 0) is 30.3 Å². The van der Waals surface area contributed by atoms with E-state index in [1.807, 2.05) is 16.8 Å². The quantitative estimate of drug-likeness (QED) is 0.778. The average Bonchev–Trinajstić information content (AvgIpc) is 2.94. The molecule has 1 aliphatic rings. The van der Waals surface area contributed by atoms with Crippen molar-refractivity contribution in [1.82, 2.24) is 4.57 Å². The Bertz CT molecular complexity index is 591. The van der Waals surface area contributed by atoms with Gasteiger partial charge in [-0.3, -0.25) is 4.79 Å². The third-order valence-electron chi connectivity index (χ3n) is 3.15. The van der Waals surface area contributed by atoms with Crippen LogP contribution in [0, 0.1) is 5.82 Å². The normalized spacial score (nSPS) is 17.3. The molecule has 3 rings (SSSR count). The van der Waals surface area contributed by atoms with Gasteiger partial charge in [0.2, 0.25) is 0 Å². The summed E-state index contributed by atoms with van der Waals surface area (Å²) in [4.78, 5) is 10.8. The molecule has 0 amide bonds. The van der Waals surface area contributed by atoms with Crippen LogP contribution in [0.3, 0.4) is 0 Å². The number of ether oxygens (including phenoxy) is 1. The first-order valence-corrected chi connectivity index (χ1v) is 5.81. The number of carbonyl (C=O) groups excluding carboxylic acids is 1. The smallest absolute Gasteiger partial charge is 0.166 e. The second-order valence-electron chi connectivity index (χ2n) is 4.40. The number of benzene rings is 1. The zero-order chi connectivity index (χ0) is 12.5. The lowest BCUT2D eigenvalue weighted by Crippen LogP contribution is -2.21. The molecule has 3 nitrogen and oxygen atoms in total. The maximum Gasteiger partial charge on any atom is 0.166 e. The van der Waals surface area contributed by atoms with Crippen LogP contribution in [0.5, 0.6) is 5.75 Å². The molecule has 1 atom stereocenters. The predicted octanol–water partition coefficient (Wildman–Crippen LogP) is 2.44. The fraction of sp³-hybridized carbons (Fsp3) is 0.214. The second-order valence-corrected chi connectivity index (χ2v) is 4.40. The van der Waals surface area contributed by atoms with Crippen molar-refractivity contribution in [3.63, 3.8) is 0 Å². The molecule has 1 aromatic heterocycles. The van der Waals surface area contributed by atoms with Crippen molar-refractivity contribution in [2.45, 2.75) is 19.1 Å². The maximum atomic E-state index is 13.1. The Morgan fingerprint density at radius 2 is 2.33 bits per heavy atom. The highest BCUT2D eigenvalue weighted by Crippen LogP contribution is 2.29. The molecule has 0 radical (unpaired) electrons. The van der Waals surface area contributed by atoms with Crippen molar-refractivity contribution in [3.05, 3.63) is 53.6 Å². The number of aromatic nitrogens is 1. The van der Waals surface area contributed by atoms with Crippen LogP contribution < -0.4 is 4.74 Å². The molecule has 1 aromatic carbocycles.